The van der Waals surface area contributed by atoms with E-state index >= 15 is 0 Å². The van der Waals surface area contributed by atoms with Crippen LogP contribution in [-0.2, 0) is 7.05 Å². The molecular weight excluding hydrogens is 390 g/mol. The molecule has 1 atom stereocenters. The summed E-state index contributed by atoms with van der Waals surface area (Å²) in [5.41, 5.74) is 3.47. The topological polar surface area (TPSA) is 76.8 Å². The van der Waals surface area contributed by atoms with E-state index in [-0.39, 0.29) is 6.54 Å². The molecule has 0 bridgehead atoms. The Morgan fingerprint density at radius 3 is 2.77 bits per heavy atom. The van der Waals surface area contributed by atoms with Crippen LogP contribution in [0.2, 0.25) is 0 Å². The molecule has 4 aromatic rings. The van der Waals surface area contributed by atoms with Crippen LogP contribution in [0, 0.1) is 5.92 Å². The Hall–Kier alpha value is -3.49. The molecular formula is C21H18F2N6O. The number of rotatable bonds is 2. The lowest BCUT2D eigenvalue weighted by Crippen LogP contribution is -2.31. The molecule has 1 aromatic carbocycles. The Morgan fingerprint density at radius 2 is 2.00 bits per heavy atom. The fraction of sp³-hybridized carbons (Fsp3) is 0.286. The number of hydrogen-bond acceptors (Lipinski definition) is 5. The molecule has 1 fully saturated rings. The summed E-state index contributed by atoms with van der Waals surface area (Å²) in [6, 6.07) is 6.81. The van der Waals surface area contributed by atoms with E-state index in [1.54, 1.807) is 35.3 Å². The first-order chi connectivity index (χ1) is 14.3. The third kappa shape index (κ3) is 3.06. The maximum absolute atomic E-state index is 13.8. The number of amides is 1. The van der Waals surface area contributed by atoms with Gasteiger partial charge < -0.3 is 4.90 Å². The number of carbonyl (C=O) groups is 1. The molecule has 1 aliphatic rings. The molecule has 0 spiro atoms. The minimum absolute atomic E-state index is 0.0341. The van der Waals surface area contributed by atoms with Crippen LogP contribution in [0.4, 0.5) is 8.78 Å². The second kappa shape index (κ2) is 6.51. The second-order valence-corrected chi connectivity index (χ2v) is 7.75. The van der Waals surface area contributed by atoms with Crippen LogP contribution in [0.3, 0.4) is 0 Å². The van der Waals surface area contributed by atoms with Crippen molar-refractivity contribution < 1.29 is 13.6 Å². The van der Waals surface area contributed by atoms with E-state index in [0.717, 1.165) is 10.9 Å². The summed E-state index contributed by atoms with van der Waals surface area (Å²) in [5, 5.41) is 5.14. The molecule has 9 heteroatoms. The van der Waals surface area contributed by atoms with Gasteiger partial charge in [-0.05, 0) is 24.3 Å². The zero-order valence-corrected chi connectivity index (χ0v) is 16.4. The number of nitrogens with zero attached hydrogens (tertiary/aromatic N) is 6. The summed E-state index contributed by atoms with van der Waals surface area (Å²) in [5.74, 6) is -4.15. The Labute approximate surface area is 170 Å². The van der Waals surface area contributed by atoms with Gasteiger partial charge in [-0.25, -0.2) is 18.7 Å². The van der Waals surface area contributed by atoms with Gasteiger partial charge in [0.15, 0.2) is 5.65 Å². The van der Waals surface area contributed by atoms with Crippen molar-refractivity contribution in [1.82, 2.24) is 29.6 Å². The van der Waals surface area contributed by atoms with E-state index < -0.39 is 24.3 Å². The van der Waals surface area contributed by atoms with Crippen molar-refractivity contribution in [2.24, 2.45) is 13.0 Å². The Kier molecular flexibility index (Phi) is 4.02. The van der Waals surface area contributed by atoms with E-state index in [0.29, 0.717) is 27.9 Å². The van der Waals surface area contributed by atoms with Crippen LogP contribution < -0.4 is 0 Å². The summed E-state index contributed by atoms with van der Waals surface area (Å²) in [6.07, 6.45) is 5.18. The molecule has 0 aliphatic carbocycles. The highest BCUT2D eigenvalue weighted by atomic mass is 19.3. The molecule has 1 aliphatic heterocycles. The third-order valence-corrected chi connectivity index (χ3v) is 5.46. The van der Waals surface area contributed by atoms with Crippen molar-refractivity contribution in [3.8, 4) is 11.3 Å². The molecule has 1 saturated heterocycles. The first-order valence-corrected chi connectivity index (χ1v) is 9.54. The highest BCUT2D eigenvalue weighted by Crippen LogP contribution is 2.33. The van der Waals surface area contributed by atoms with Crippen LogP contribution in [-0.4, -0.2) is 54.6 Å². The van der Waals surface area contributed by atoms with Gasteiger partial charge in [0.25, 0.3) is 11.8 Å². The zero-order valence-electron chi connectivity index (χ0n) is 16.4. The maximum Gasteiger partial charge on any atom is 0.269 e. The Morgan fingerprint density at radius 1 is 1.17 bits per heavy atom. The van der Waals surface area contributed by atoms with Crippen LogP contribution in [0.15, 0.2) is 42.9 Å². The number of benzene rings is 1. The Balaban J connectivity index is 1.50. The van der Waals surface area contributed by atoms with E-state index in [9.17, 15) is 13.6 Å². The Bertz CT molecular complexity index is 1300. The number of fused-ring (bicyclic) bond motifs is 2. The van der Waals surface area contributed by atoms with Gasteiger partial charge >= 0.3 is 0 Å². The predicted molar refractivity (Wildman–Crippen MR) is 107 cm³/mol. The lowest BCUT2D eigenvalue weighted by Gasteiger charge is -2.16. The van der Waals surface area contributed by atoms with E-state index in [1.165, 1.54) is 11.8 Å². The first kappa shape index (κ1) is 18.5. The number of aromatic nitrogens is 5. The van der Waals surface area contributed by atoms with E-state index in [2.05, 4.69) is 20.1 Å². The predicted octanol–water partition coefficient (Wildman–Crippen LogP) is 3.31. The first-order valence-electron chi connectivity index (χ1n) is 9.54. The number of carbonyl (C=O) groups excluding carboxylic acids is 1. The fourth-order valence-electron chi connectivity index (χ4n) is 3.73. The van der Waals surface area contributed by atoms with Crippen LogP contribution >= 0.6 is 0 Å². The van der Waals surface area contributed by atoms with E-state index in [4.69, 9.17) is 0 Å². The lowest BCUT2D eigenvalue weighted by molar-refractivity contribution is -0.0202. The van der Waals surface area contributed by atoms with Crippen molar-refractivity contribution in [2.45, 2.75) is 12.8 Å². The minimum Gasteiger partial charge on any atom is -0.332 e. The largest absolute Gasteiger partial charge is 0.332 e. The molecule has 1 unspecified atom stereocenters. The van der Waals surface area contributed by atoms with Crippen molar-refractivity contribution >= 4 is 28.0 Å². The summed E-state index contributed by atoms with van der Waals surface area (Å²) >= 11 is 0. The quantitative estimate of drug-likeness (QED) is 0.509. The number of halogens is 2. The SMILES string of the molecule is CC1CN(C(=O)c2ccc3ncc(-c4cnc5nn(C)cc5c4)nc3c2)CC1(F)F. The summed E-state index contributed by atoms with van der Waals surface area (Å²) in [4.78, 5) is 27.3. The van der Waals surface area contributed by atoms with Crippen molar-refractivity contribution in [1.29, 1.82) is 0 Å². The highest BCUT2D eigenvalue weighted by molar-refractivity contribution is 5.97. The van der Waals surface area contributed by atoms with Crippen LogP contribution in [0.25, 0.3) is 33.3 Å². The zero-order chi connectivity index (χ0) is 21.0. The van der Waals surface area contributed by atoms with Gasteiger partial charge in [-0.15, -0.1) is 0 Å². The number of alkyl halides is 2. The average molecular weight is 408 g/mol. The average Bonchev–Trinajstić information content (AvgIpc) is 3.23. The van der Waals surface area contributed by atoms with E-state index in [1.807, 2.05) is 19.3 Å². The van der Waals surface area contributed by atoms with Crippen molar-refractivity contribution in [2.75, 3.05) is 13.1 Å². The lowest BCUT2D eigenvalue weighted by atomic mass is 10.1. The van der Waals surface area contributed by atoms with Crippen LogP contribution in [0.1, 0.15) is 17.3 Å². The van der Waals surface area contributed by atoms with Gasteiger partial charge in [0.2, 0.25) is 0 Å². The number of pyridine rings is 1. The summed E-state index contributed by atoms with van der Waals surface area (Å²) < 4.78 is 29.4. The molecule has 3 aromatic heterocycles. The van der Waals surface area contributed by atoms with Gasteiger partial charge in [-0.1, -0.05) is 6.92 Å². The maximum atomic E-state index is 13.8. The normalized spacial score (nSPS) is 18.4. The molecule has 30 heavy (non-hydrogen) atoms. The smallest absolute Gasteiger partial charge is 0.269 e. The third-order valence-electron chi connectivity index (χ3n) is 5.46. The molecule has 0 saturated carbocycles. The molecule has 1 amide bonds. The molecule has 0 N–H and O–H groups in total. The van der Waals surface area contributed by atoms with Gasteiger partial charge in [-0.3, -0.25) is 14.5 Å². The molecule has 4 heterocycles. The molecule has 0 radical (unpaired) electrons. The molecule has 152 valence electrons. The van der Waals surface area contributed by atoms with Gasteiger partial charge in [-0.2, -0.15) is 5.10 Å². The number of aryl methyl sites for hydroxylation is 1. The van der Waals surface area contributed by atoms with Gasteiger partial charge in [0.05, 0.1) is 29.5 Å². The highest BCUT2D eigenvalue weighted by Gasteiger charge is 2.46. The summed E-state index contributed by atoms with van der Waals surface area (Å²) in [6.45, 7) is 0.929. The summed E-state index contributed by atoms with van der Waals surface area (Å²) in [7, 11) is 1.83. The van der Waals surface area contributed by atoms with Crippen molar-refractivity contribution in [3.63, 3.8) is 0 Å². The van der Waals surface area contributed by atoms with Crippen molar-refractivity contribution in [3.05, 3.63) is 48.4 Å². The molecule has 7 nitrogen and oxygen atoms in total. The monoisotopic (exact) mass is 408 g/mol. The second-order valence-electron chi connectivity index (χ2n) is 7.75. The number of likely N-dealkylation sites (tertiary alicyclic amines) is 1. The minimum atomic E-state index is -2.86. The van der Waals surface area contributed by atoms with Gasteiger partial charge in [0, 0.05) is 48.4 Å². The number of hydrogen-bond donors (Lipinski definition) is 0. The van der Waals surface area contributed by atoms with Gasteiger partial charge in [0.1, 0.15) is 0 Å². The molecule has 5 rings (SSSR count). The van der Waals surface area contributed by atoms with Crippen LogP contribution in [0.5, 0.6) is 0 Å². The standard InChI is InChI=1S/C21H18F2N6O/c1-12-9-29(11-21(12,22)23)20(30)13-3-4-16-17(6-13)26-18(8-24-16)14-5-15-10-28(2)27-19(15)25-7-14/h3-8,10,12H,9,11H2,1-2H3. The fourth-order valence-corrected chi connectivity index (χ4v) is 3.73.